The Morgan fingerprint density at radius 1 is 0.955 bits per heavy atom. The number of hydrogen-bond donors (Lipinski definition) is 0. The van der Waals surface area contributed by atoms with Crippen LogP contribution in [0.2, 0.25) is 15.1 Å². The van der Waals surface area contributed by atoms with Crippen LogP contribution in [0.3, 0.4) is 0 Å². The molecule has 0 radical (unpaired) electrons. The normalized spacial score (nSPS) is 10.7. The first-order valence-electron chi connectivity index (χ1n) is 6.28. The highest BCUT2D eigenvalue weighted by Crippen LogP contribution is 2.28. The van der Waals surface area contributed by atoms with Gasteiger partial charge in [0.25, 0.3) is 5.89 Å². The summed E-state index contributed by atoms with van der Waals surface area (Å²) in [6.45, 7) is 0.153. The molecule has 3 rings (SSSR count). The molecule has 0 saturated heterocycles. The lowest BCUT2D eigenvalue weighted by Gasteiger charge is -2.02. The molecule has 0 amide bonds. The van der Waals surface area contributed by atoms with Crippen LogP contribution in [0.25, 0.3) is 11.4 Å². The van der Waals surface area contributed by atoms with E-state index in [-0.39, 0.29) is 6.61 Å². The summed E-state index contributed by atoms with van der Waals surface area (Å²) in [5, 5.41) is 5.53. The van der Waals surface area contributed by atoms with Gasteiger partial charge < -0.3 is 9.26 Å². The first-order chi connectivity index (χ1) is 10.6. The van der Waals surface area contributed by atoms with E-state index in [4.69, 9.17) is 44.1 Å². The SMILES string of the molecule is Clc1ccc(OCc2nc(-c3ccc(Cl)cc3Cl)no2)cc1. The first-order valence-corrected chi connectivity index (χ1v) is 7.41. The number of rotatable bonds is 4. The Labute approximate surface area is 141 Å². The van der Waals surface area contributed by atoms with Crippen molar-refractivity contribution in [1.29, 1.82) is 0 Å². The van der Waals surface area contributed by atoms with Crippen molar-refractivity contribution in [2.45, 2.75) is 6.61 Å². The highest BCUT2D eigenvalue weighted by molar-refractivity contribution is 6.36. The average Bonchev–Trinajstić information content (AvgIpc) is 2.95. The van der Waals surface area contributed by atoms with Crippen LogP contribution >= 0.6 is 34.8 Å². The summed E-state index contributed by atoms with van der Waals surface area (Å²) in [5.74, 6) is 1.39. The van der Waals surface area contributed by atoms with E-state index in [0.717, 1.165) is 0 Å². The van der Waals surface area contributed by atoms with Crippen molar-refractivity contribution >= 4 is 34.8 Å². The maximum atomic E-state index is 6.11. The molecule has 0 spiro atoms. The lowest BCUT2D eigenvalue weighted by Crippen LogP contribution is -1.95. The average molecular weight is 356 g/mol. The fourth-order valence-corrected chi connectivity index (χ4v) is 2.39. The topological polar surface area (TPSA) is 48.2 Å². The number of hydrogen-bond acceptors (Lipinski definition) is 4. The lowest BCUT2D eigenvalue weighted by atomic mass is 10.2. The third kappa shape index (κ3) is 3.53. The molecule has 0 atom stereocenters. The number of aromatic nitrogens is 2. The maximum absolute atomic E-state index is 6.11. The van der Waals surface area contributed by atoms with Crippen LogP contribution in [-0.4, -0.2) is 10.1 Å². The minimum absolute atomic E-state index is 0.153. The second-order valence-corrected chi connectivity index (χ2v) is 5.66. The lowest BCUT2D eigenvalue weighted by molar-refractivity contribution is 0.243. The summed E-state index contributed by atoms with van der Waals surface area (Å²) < 4.78 is 10.7. The summed E-state index contributed by atoms with van der Waals surface area (Å²) in [5.41, 5.74) is 0.646. The highest BCUT2D eigenvalue weighted by Gasteiger charge is 2.12. The molecule has 0 fully saturated rings. The number of halogens is 3. The summed E-state index contributed by atoms with van der Waals surface area (Å²) in [7, 11) is 0. The molecule has 0 N–H and O–H groups in total. The third-order valence-electron chi connectivity index (χ3n) is 2.82. The molecule has 0 aliphatic carbocycles. The van der Waals surface area contributed by atoms with Gasteiger partial charge in [-0.15, -0.1) is 0 Å². The summed E-state index contributed by atoms with van der Waals surface area (Å²) in [6.07, 6.45) is 0. The van der Waals surface area contributed by atoms with Gasteiger partial charge in [-0.2, -0.15) is 4.98 Å². The zero-order valence-corrected chi connectivity index (χ0v) is 13.4. The standard InChI is InChI=1S/C15H9Cl3N2O2/c16-9-1-4-11(5-2-9)21-8-14-19-15(20-22-14)12-6-3-10(17)7-13(12)18/h1-7H,8H2. The monoisotopic (exact) mass is 354 g/mol. The number of ether oxygens (including phenoxy) is 1. The molecule has 0 aliphatic rings. The summed E-state index contributed by atoms with van der Waals surface area (Å²) in [4.78, 5) is 4.25. The molecule has 0 unspecified atom stereocenters. The molecular formula is C15H9Cl3N2O2. The van der Waals surface area contributed by atoms with Crippen molar-refractivity contribution < 1.29 is 9.26 Å². The molecule has 0 aliphatic heterocycles. The van der Waals surface area contributed by atoms with E-state index in [1.165, 1.54) is 0 Å². The van der Waals surface area contributed by atoms with Gasteiger partial charge in [0.15, 0.2) is 6.61 Å². The maximum Gasteiger partial charge on any atom is 0.264 e. The van der Waals surface area contributed by atoms with Crippen molar-refractivity contribution in [3.05, 3.63) is 63.4 Å². The smallest absolute Gasteiger partial charge is 0.264 e. The van der Waals surface area contributed by atoms with Crippen molar-refractivity contribution in [3.8, 4) is 17.1 Å². The molecule has 22 heavy (non-hydrogen) atoms. The Hall–Kier alpha value is -1.75. The fourth-order valence-electron chi connectivity index (χ4n) is 1.77. The van der Waals surface area contributed by atoms with Crippen LogP contribution in [0.15, 0.2) is 47.0 Å². The van der Waals surface area contributed by atoms with E-state index in [1.807, 2.05) is 0 Å². The molecule has 1 heterocycles. The third-order valence-corrected chi connectivity index (χ3v) is 3.62. The minimum Gasteiger partial charge on any atom is -0.484 e. The number of benzene rings is 2. The molecule has 112 valence electrons. The summed E-state index contributed by atoms with van der Waals surface area (Å²) >= 11 is 17.8. The van der Waals surface area contributed by atoms with Crippen molar-refractivity contribution in [2.24, 2.45) is 0 Å². The molecule has 0 bridgehead atoms. The van der Waals surface area contributed by atoms with Crippen LogP contribution in [0.1, 0.15) is 5.89 Å². The molecule has 7 heteroatoms. The molecule has 3 aromatic rings. The van der Waals surface area contributed by atoms with Crippen LogP contribution in [0, 0.1) is 0 Å². The largest absolute Gasteiger partial charge is 0.484 e. The summed E-state index contributed by atoms with van der Waals surface area (Å²) in [6, 6.07) is 12.1. The van der Waals surface area contributed by atoms with E-state index in [0.29, 0.717) is 38.1 Å². The van der Waals surface area contributed by atoms with Gasteiger partial charge in [0.2, 0.25) is 5.82 Å². The van der Waals surface area contributed by atoms with Gasteiger partial charge >= 0.3 is 0 Å². The molecule has 0 saturated carbocycles. The Bertz CT molecular complexity index is 788. The van der Waals surface area contributed by atoms with E-state index in [2.05, 4.69) is 10.1 Å². The van der Waals surface area contributed by atoms with E-state index in [9.17, 15) is 0 Å². The second kappa shape index (κ2) is 6.57. The van der Waals surface area contributed by atoms with Gasteiger partial charge in [-0.05, 0) is 42.5 Å². The second-order valence-electron chi connectivity index (χ2n) is 4.38. The van der Waals surface area contributed by atoms with Crippen LogP contribution in [-0.2, 0) is 6.61 Å². The minimum atomic E-state index is 0.153. The van der Waals surface area contributed by atoms with Gasteiger partial charge in [-0.25, -0.2) is 0 Å². The van der Waals surface area contributed by atoms with Gasteiger partial charge in [-0.1, -0.05) is 40.0 Å². The predicted octanol–water partition coefficient (Wildman–Crippen LogP) is 5.28. The zero-order chi connectivity index (χ0) is 15.5. The Morgan fingerprint density at radius 3 is 2.41 bits per heavy atom. The predicted molar refractivity (Wildman–Crippen MR) is 85.5 cm³/mol. The van der Waals surface area contributed by atoms with Gasteiger partial charge in [-0.3, -0.25) is 0 Å². The molecule has 4 nitrogen and oxygen atoms in total. The molecule has 1 aromatic heterocycles. The highest BCUT2D eigenvalue weighted by atomic mass is 35.5. The van der Waals surface area contributed by atoms with Crippen LogP contribution < -0.4 is 4.74 Å². The molecular weight excluding hydrogens is 347 g/mol. The first kappa shape index (κ1) is 15.2. The Kier molecular flexibility index (Phi) is 4.52. The van der Waals surface area contributed by atoms with Gasteiger partial charge in [0.1, 0.15) is 5.75 Å². The van der Waals surface area contributed by atoms with E-state index >= 15 is 0 Å². The van der Waals surface area contributed by atoms with Gasteiger partial charge in [0, 0.05) is 15.6 Å². The van der Waals surface area contributed by atoms with E-state index < -0.39 is 0 Å². The van der Waals surface area contributed by atoms with Gasteiger partial charge in [0.05, 0.1) is 5.02 Å². The van der Waals surface area contributed by atoms with E-state index in [1.54, 1.807) is 42.5 Å². The Balaban J connectivity index is 1.72. The molecule has 2 aromatic carbocycles. The van der Waals surface area contributed by atoms with Crippen LogP contribution in [0.4, 0.5) is 0 Å². The Morgan fingerprint density at radius 2 is 1.68 bits per heavy atom. The van der Waals surface area contributed by atoms with Crippen molar-refractivity contribution in [1.82, 2.24) is 10.1 Å². The number of nitrogens with zero attached hydrogens (tertiary/aromatic N) is 2. The van der Waals surface area contributed by atoms with Crippen LogP contribution in [0.5, 0.6) is 5.75 Å². The van der Waals surface area contributed by atoms with Crippen molar-refractivity contribution in [2.75, 3.05) is 0 Å². The van der Waals surface area contributed by atoms with Crippen molar-refractivity contribution in [3.63, 3.8) is 0 Å². The quantitative estimate of drug-likeness (QED) is 0.639. The fraction of sp³-hybridized carbons (Fsp3) is 0.0667. The zero-order valence-electron chi connectivity index (χ0n) is 11.1.